The highest BCUT2D eigenvalue weighted by molar-refractivity contribution is 7.90. The molecule has 0 saturated carbocycles. The van der Waals surface area contributed by atoms with E-state index in [0.29, 0.717) is 18.0 Å². The van der Waals surface area contributed by atoms with Crippen LogP contribution in [0.4, 0.5) is 18.0 Å². The molecule has 3 heterocycles. The third-order valence-electron chi connectivity index (χ3n) is 12.2. The number of hydrogen-bond acceptors (Lipinski definition) is 10. The topological polar surface area (TPSA) is 167 Å². The average Bonchev–Trinajstić information content (AvgIpc) is 3.67. The Bertz CT molecular complexity index is 1830. The van der Waals surface area contributed by atoms with Gasteiger partial charge in [-0.2, -0.15) is 13.2 Å². The van der Waals surface area contributed by atoms with Crippen LogP contribution in [0.3, 0.4) is 0 Å². The third kappa shape index (κ3) is 12.0. The number of carbonyl (C=O) groups excluding carboxylic acids is 4. The molecule has 59 heavy (non-hydrogen) atoms. The Hall–Kier alpha value is -3.61. The van der Waals surface area contributed by atoms with E-state index in [1.807, 2.05) is 27.7 Å². The lowest BCUT2D eigenvalue weighted by Crippen LogP contribution is -2.62. The number of nitrogens with one attached hydrogen (secondary N) is 3. The van der Waals surface area contributed by atoms with Crippen LogP contribution in [0.2, 0.25) is 0 Å². The zero-order chi connectivity index (χ0) is 43.7. The lowest BCUT2D eigenvalue weighted by Gasteiger charge is -2.52. The number of ether oxygens (including phenoxy) is 1. The van der Waals surface area contributed by atoms with Gasteiger partial charge < -0.3 is 20.3 Å². The standard InChI is InChI=1S/C41H61F3N6O7S2/c1-8-27(5)31(22-35(51)40-19-13-17-30(50(40)7)18-14-20-40)38(53)49(6)33(26(3)4)23-34(57-39(54)45-9-2)37-48-32(25-58-37)36(52)47-29(21-28-15-11-10-12-16-28)24-46-59(55,56)41(42,43)44/h10-12,15-16,25-27,29-31,33-34,46H,8-9,13-14,17-24H2,1-7H3,(H,45,54)(H,47,52)/t27-,29-,30?,31-,33+,34+,40?/m0/s1. The second-order valence-corrected chi connectivity index (χ2v) is 19.0. The van der Waals surface area contributed by atoms with E-state index in [-0.39, 0.29) is 60.0 Å². The molecule has 0 unspecified atom stereocenters. The summed E-state index contributed by atoms with van der Waals surface area (Å²) in [6, 6.07) is 7.32. The largest absolute Gasteiger partial charge is 0.511 e. The number of ketones is 1. The number of benzene rings is 1. The second-order valence-electron chi connectivity index (χ2n) is 16.3. The van der Waals surface area contributed by atoms with Crippen molar-refractivity contribution in [1.29, 1.82) is 0 Å². The molecule has 1 aromatic carbocycles. The van der Waals surface area contributed by atoms with Crippen LogP contribution in [0.25, 0.3) is 0 Å². The molecular weight excluding hydrogens is 810 g/mol. The minimum Gasteiger partial charge on any atom is -0.439 e. The van der Waals surface area contributed by atoms with Crippen LogP contribution in [-0.2, 0) is 30.8 Å². The molecule has 330 valence electrons. The van der Waals surface area contributed by atoms with Crippen LogP contribution in [0.1, 0.15) is 120 Å². The first-order chi connectivity index (χ1) is 27.7. The number of piperidine rings is 2. The summed E-state index contributed by atoms with van der Waals surface area (Å²) in [7, 11) is -1.93. The van der Waals surface area contributed by atoms with Gasteiger partial charge in [0, 0.05) is 62.4 Å². The van der Waals surface area contributed by atoms with Crippen LogP contribution >= 0.6 is 11.3 Å². The summed E-state index contributed by atoms with van der Waals surface area (Å²) in [6.07, 6.45) is 4.90. The Morgan fingerprint density at radius 3 is 2.29 bits per heavy atom. The van der Waals surface area contributed by atoms with Crippen LogP contribution in [0.5, 0.6) is 0 Å². The van der Waals surface area contributed by atoms with E-state index in [4.69, 9.17) is 4.74 Å². The molecule has 2 saturated heterocycles. The van der Waals surface area contributed by atoms with Crippen molar-refractivity contribution in [2.24, 2.45) is 17.8 Å². The van der Waals surface area contributed by atoms with Crippen molar-refractivity contribution in [2.75, 3.05) is 27.2 Å². The van der Waals surface area contributed by atoms with Crippen LogP contribution < -0.4 is 15.4 Å². The van der Waals surface area contributed by atoms with Gasteiger partial charge in [0.25, 0.3) is 5.91 Å². The molecule has 2 aromatic rings. The first-order valence-corrected chi connectivity index (χ1v) is 22.9. The average molecular weight is 871 g/mol. The Morgan fingerprint density at radius 2 is 1.71 bits per heavy atom. The molecule has 0 spiro atoms. The van der Waals surface area contributed by atoms with Crippen LogP contribution in [0, 0.1) is 17.8 Å². The number of aromatic nitrogens is 1. The number of hydrogen-bond donors (Lipinski definition) is 3. The number of alkyl carbamates (subject to hydrolysis) is 1. The van der Waals surface area contributed by atoms with Gasteiger partial charge in [-0.15, -0.1) is 11.3 Å². The normalized spacial score (nSPS) is 21.2. The minimum atomic E-state index is -5.69. The first kappa shape index (κ1) is 48.1. The molecule has 18 heteroatoms. The van der Waals surface area contributed by atoms with Gasteiger partial charge in [0.15, 0.2) is 11.9 Å². The maximum Gasteiger partial charge on any atom is 0.511 e. The van der Waals surface area contributed by atoms with Gasteiger partial charge in [0.1, 0.15) is 10.7 Å². The van der Waals surface area contributed by atoms with Gasteiger partial charge >= 0.3 is 21.6 Å². The van der Waals surface area contributed by atoms with Crippen molar-refractivity contribution >= 4 is 45.1 Å². The van der Waals surface area contributed by atoms with Gasteiger partial charge in [-0.1, -0.05) is 64.4 Å². The van der Waals surface area contributed by atoms with Crippen LogP contribution in [0.15, 0.2) is 35.7 Å². The molecule has 2 aliphatic heterocycles. The summed E-state index contributed by atoms with van der Waals surface area (Å²) >= 11 is 1.03. The number of fused-ring (bicyclic) bond motifs is 2. The second kappa shape index (κ2) is 20.8. The smallest absolute Gasteiger partial charge is 0.439 e. The number of alkyl halides is 3. The number of nitrogens with zero attached hydrogens (tertiary/aromatic N) is 3. The van der Waals surface area contributed by atoms with E-state index in [9.17, 15) is 40.8 Å². The number of halogens is 3. The van der Waals surface area contributed by atoms with Gasteiger partial charge in [-0.25, -0.2) is 22.9 Å². The van der Waals surface area contributed by atoms with E-state index >= 15 is 0 Å². The summed E-state index contributed by atoms with van der Waals surface area (Å²) in [5.41, 5.74) is -5.58. The molecule has 2 fully saturated rings. The maximum atomic E-state index is 14.6. The SMILES string of the molecule is CCNC(=O)O[C@H](C[C@H](C(C)C)N(C)C(=O)[C@@H](CC(=O)C12CCCC(CCC1)N2C)[C@@H](C)CC)c1nc(C(=O)N[C@H](CNS(=O)(=O)C(F)(F)F)Cc2ccccc2)cs1. The number of Topliss-reactive ketones (excluding diaryl/α,β-unsaturated/α-hetero) is 1. The molecule has 0 radical (unpaired) electrons. The molecule has 0 aliphatic carbocycles. The maximum absolute atomic E-state index is 14.6. The monoisotopic (exact) mass is 870 g/mol. The van der Waals surface area contributed by atoms with E-state index < -0.39 is 63.7 Å². The van der Waals surface area contributed by atoms with Gasteiger partial charge in [-0.3, -0.25) is 19.3 Å². The van der Waals surface area contributed by atoms with Crippen molar-refractivity contribution in [3.05, 3.63) is 52.0 Å². The first-order valence-electron chi connectivity index (χ1n) is 20.6. The summed E-state index contributed by atoms with van der Waals surface area (Å²) in [6.45, 7) is 9.14. The molecule has 3 amide bonds. The van der Waals surface area contributed by atoms with E-state index in [2.05, 4.69) is 27.6 Å². The predicted octanol–water partition coefficient (Wildman–Crippen LogP) is 6.61. The lowest BCUT2D eigenvalue weighted by molar-refractivity contribution is -0.148. The molecule has 13 nitrogen and oxygen atoms in total. The zero-order valence-corrected chi connectivity index (χ0v) is 36.8. The highest BCUT2D eigenvalue weighted by atomic mass is 32.2. The number of sulfonamides is 1. The molecule has 4 rings (SSSR count). The highest BCUT2D eigenvalue weighted by Crippen LogP contribution is 2.43. The van der Waals surface area contributed by atoms with Crippen molar-refractivity contribution in [2.45, 2.75) is 134 Å². The van der Waals surface area contributed by atoms with Gasteiger partial charge in [0.2, 0.25) is 5.91 Å². The van der Waals surface area contributed by atoms with Crippen molar-refractivity contribution in [3.8, 4) is 0 Å². The Morgan fingerprint density at radius 1 is 1.07 bits per heavy atom. The van der Waals surface area contributed by atoms with Crippen LogP contribution in [-0.4, -0.2) is 103 Å². The lowest BCUT2D eigenvalue weighted by atomic mass is 9.69. The molecule has 2 bridgehead atoms. The molecule has 3 N–H and O–H groups in total. The van der Waals surface area contributed by atoms with E-state index in [1.165, 1.54) is 10.1 Å². The highest BCUT2D eigenvalue weighted by Gasteiger charge is 2.50. The summed E-state index contributed by atoms with van der Waals surface area (Å²) < 4.78 is 70.4. The Kier molecular flexibility index (Phi) is 16.9. The van der Waals surface area contributed by atoms with Crippen molar-refractivity contribution in [3.63, 3.8) is 0 Å². The molecular formula is C41H61F3N6O7S2. The third-order valence-corrected chi connectivity index (χ3v) is 14.3. The van der Waals surface area contributed by atoms with E-state index in [0.717, 1.165) is 49.9 Å². The quantitative estimate of drug-likeness (QED) is 0.133. The van der Waals surface area contributed by atoms with E-state index in [1.54, 1.807) is 49.2 Å². The number of likely N-dealkylation sites (N-methyl/N-ethyl adjacent to an activating group) is 1. The number of thiazole rings is 1. The fourth-order valence-corrected chi connectivity index (χ4v) is 9.92. The summed E-state index contributed by atoms with van der Waals surface area (Å²) in [4.78, 5) is 63.7. The molecule has 5 atom stereocenters. The van der Waals surface area contributed by atoms with Gasteiger partial charge in [0.05, 0.1) is 5.54 Å². The van der Waals surface area contributed by atoms with Crippen molar-refractivity contribution in [1.82, 2.24) is 30.1 Å². The van der Waals surface area contributed by atoms with Crippen molar-refractivity contribution < 1.29 is 45.5 Å². The number of amides is 3. The Balaban J connectivity index is 1.57. The molecule has 1 aromatic heterocycles. The Labute approximate surface area is 350 Å². The minimum absolute atomic E-state index is 0.00471. The number of carbonyl (C=O) groups is 4. The summed E-state index contributed by atoms with van der Waals surface area (Å²) in [5, 5.41) is 6.87. The molecule has 2 aliphatic rings. The fraction of sp³-hybridized carbons (Fsp3) is 0.683. The van der Waals surface area contributed by atoms with Gasteiger partial charge in [-0.05, 0) is 76.3 Å². The predicted molar refractivity (Wildman–Crippen MR) is 220 cm³/mol. The zero-order valence-electron chi connectivity index (χ0n) is 35.1. The fourth-order valence-electron chi connectivity index (χ4n) is 8.50. The number of rotatable bonds is 20. The summed E-state index contributed by atoms with van der Waals surface area (Å²) in [5.74, 6) is -1.61.